The van der Waals surface area contributed by atoms with Crippen LogP contribution in [-0.4, -0.2) is 23.3 Å². The van der Waals surface area contributed by atoms with Crippen molar-refractivity contribution in [2.24, 2.45) is 5.14 Å². The van der Waals surface area contributed by atoms with Crippen LogP contribution in [0.5, 0.6) is 5.75 Å². The molecular weight excluding hydrogens is 426 g/mol. The number of nitrogens with two attached hydrogens (primary N) is 1. The summed E-state index contributed by atoms with van der Waals surface area (Å²) < 4.78 is 5.59. The minimum Gasteiger partial charge on any atom is -0.492 e. The molecule has 5 rings (SSSR count). The van der Waals surface area contributed by atoms with Crippen LogP contribution in [0, 0.1) is 11.3 Å². The highest BCUT2D eigenvalue weighted by molar-refractivity contribution is 7.97. The number of rotatable bonds is 5. The topological polar surface area (TPSA) is 95.1 Å². The summed E-state index contributed by atoms with van der Waals surface area (Å²) in [5.74, 6) is 0.920. The van der Waals surface area contributed by atoms with Crippen molar-refractivity contribution in [2.75, 3.05) is 13.2 Å². The maximum atomic E-state index is 8.87. The van der Waals surface area contributed by atoms with Crippen LogP contribution in [0.15, 0.2) is 59.6 Å². The van der Waals surface area contributed by atoms with E-state index in [2.05, 4.69) is 29.3 Å². The third kappa shape index (κ3) is 4.78. The number of para-hydroxylation sites is 1. The number of aromatic amines is 1. The first-order valence-corrected chi connectivity index (χ1v) is 11.8. The van der Waals surface area contributed by atoms with Crippen molar-refractivity contribution in [2.45, 2.75) is 24.2 Å². The highest BCUT2D eigenvalue weighted by Gasteiger charge is 2.18. The van der Waals surface area contributed by atoms with Crippen LogP contribution >= 0.6 is 23.3 Å². The molecule has 158 valence electrons. The van der Waals surface area contributed by atoms with Crippen LogP contribution in [0.2, 0.25) is 0 Å². The monoisotopic (exact) mass is 449 g/mol. The minimum absolute atomic E-state index is 0.263. The fourth-order valence-electron chi connectivity index (χ4n) is 3.66. The Kier molecular flexibility index (Phi) is 6.95. The fraction of sp³-hybridized carbons (Fsp3) is 0.208. The number of aliphatic hydroxyl groups excluding tert-OH is 1. The van der Waals surface area contributed by atoms with Crippen molar-refractivity contribution in [1.82, 2.24) is 4.98 Å². The number of nitriles is 1. The zero-order valence-electron chi connectivity index (χ0n) is 16.9. The summed E-state index contributed by atoms with van der Waals surface area (Å²) in [5, 5.41) is 24.6. The van der Waals surface area contributed by atoms with Gasteiger partial charge >= 0.3 is 0 Å². The van der Waals surface area contributed by atoms with E-state index in [0.717, 1.165) is 51.8 Å². The number of nitrogens with zero attached hydrogens (tertiary/aromatic N) is 1. The Morgan fingerprint density at radius 1 is 1.23 bits per heavy atom. The van der Waals surface area contributed by atoms with E-state index >= 15 is 0 Å². The molecule has 0 fully saturated rings. The lowest BCUT2D eigenvalue weighted by atomic mass is 10.1. The number of hydrogen-bond acceptors (Lipinski definition) is 6. The molecule has 0 unspecified atom stereocenters. The Bertz CT molecular complexity index is 1220. The lowest BCUT2D eigenvalue weighted by Crippen LogP contribution is -1.89. The number of ether oxygens (including phenoxy) is 1. The molecule has 4 N–H and O–H groups in total. The van der Waals surface area contributed by atoms with E-state index in [1.165, 1.54) is 45.3 Å². The van der Waals surface area contributed by atoms with Gasteiger partial charge in [0.15, 0.2) is 0 Å². The largest absolute Gasteiger partial charge is 0.492 e. The number of aryl methyl sites for hydroxylation is 1. The van der Waals surface area contributed by atoms with Gasteiger partial charge in [-0.05, 0) is 71.8 Å². The Morgan fingerprint density at radius 2 is 2.10 bits per heavy atom. The Labute approximate surface area is 189 Å². The molecule has 2 aromatic heterocycles. The summed E-state index contributed by atoms with van der Waals surface area (Å²) in [6.45, 7) is 0.986. The van der Waals surface area contributed by atoms with Crippen molar-refractivity contribution in [1.29, 1.82) is 5.26 Å². The third-order valence-corrected chi connectivity index (χ3v) is 6.75. The third-order valence-electron chi connectivity index (χ3n) is 5.16. The Hall–Kier alpha value is -2.76. The second kappa shape index (κ2) is 10.0. The smallest absolute Gasteiger partial charge is 0.137 e. The molecule has 0 saturated carbocycles. The van der Waals surface area contributed by atoms with Gasteiger partial charge in [0.2, 0.25) is 0 Å². The van der Waals surface area contributed by atoms with Gasteiger partial charge in [-0.2, -0.15) is 5.26 Å². The normalized spacial score (nSPS) is 12.0. The molecule has 5 nitrogen and oxygen atoms in total. The quantitative estimate of drug-likeness (QED) is 0.360. The minimum atomic E-state index is 0.263. The predicted octanol–water partition coefficient (Wildman–Crippen LogP) is 5.28. The number of thiophene rings is 1. The summed E-state index contributed by atoms with van der Waals surface area (Å²) in [7, 11) is 0. The summed E-state index contributed by atoms with van der Waals surface area (Å²) in [6.07, 6.45) is 4.73. The van der Waals surface area contributed by atoms with Gasteiger partial charge in [-0.1, -0.05) is 18.2 Å². The average molecular weight is 450 g/mol. The number of fused-ring (bicyclic) bond motifs is 2. The number of H-pyrrole nitrogens is 1. The maximum Gasteiger partial charge on any atom is 0.137 e. The molecular formula is C24H23N3O2S2. The standard InChI is InChI=1S/C13H10N2OS2.C11H13NO/c14-7-10-1-2-11(17-10)9-5-8-3-4-16-13(8)12(6-9)18-15;13-7-3-4-9-8-12-11-6-2-1-5-10(9)11/h1-2,5-6H,3-4,15H2;1-2,5-6,8,12-13H,3-4,7H2. The molecule has 1 aliphatic rings. The van der Waals surface area contributed by atoms with Gasteiger partial charge in [0.25, 0.3) is 0 Å². The molecule has 1 aliphatic heterocycles. The molecule has 7 heteroatoms. The van der Waals surface area contributed by atoms with E-state index in [1.54, 1.807) is 0 Å². The van der Waals surface area contributed by atoms with Crippen molar-refractivity contribution in [3.8, 4) is 22.3 Å². The van der Waals surface area contributed by atoms with Crippen LogP contribution in [0.4, 0.5) is 0 Å². The first-order valence-electron chi connectivity index (χ1n) is 10.1. The second-order valence-corrected chi connectivity index (χ2v) is 8.90. The van der Waals surface area contributed by atoms with Crippen molar-refractivity contribution < 1.29 is 9.84 Å². The summed E-state index contributed by atoms with van der Waals surface area (Å²) >= 11 is 2.71. The molecule has 0 spiro atoms. The van der Waals surface area contributed by atoms with E-state index in [0.29, 0.717) is 0 Å². The predicted molar refractivity (Wildman–Crippen MR) is 127 cm³/mol. The van der Waals surface area contributed by atoms with E-state index < -0.39 is 0 Å². The molecule has 31 heavy (non-hydrogen) atoms. The van der Waals surface area contributed by atoms with E-state index in [1.807, 2.05) is 36.5 Å². The SMILES string of the molecule is N#Cc1ccc(-c2cc3c(c(SN)c2)OCC3)s1.OCCCc1c[nH]c2ccccc12. The molecule has 2 aromatic carbocycles. The lowest BCUT2D eigenvalue weighted by molar-refractivity contribution is 0.289. The summed E-state index contributed by atoms with van der Waals surface area (Å²) in [6, 6.07) is 18.4. The van der Waals surface area contributed by atoms with Crippen LogP contribution in [0.3, 0.4) is 0 Å². The lowest BCUT2D eigenvalue weighted by Gasteiger charge is -2.07. The Morgan fingerprint density at radius 3 is 2.87 bits per heavy atom. The molecule has 0 aliphatic carbocycles. The van der Waals surface area contributed by atoms with Gasteiger partial charge in [-0.25, -0.2) is 0 Å². The number of aliphatic hydroxyl groups is 1. The number of hydrogen-bond donors (Lipinski definition) is 3. The first-order chi connectivity index (χ1) is 15.2. The zero-order chi connectivity index (χ0) is 21.6. The molecule has 3 heterocycles. The van der Waals surface area contributed by atoms with Gasteiger partial charge in [-0.3, -0.25) is 5.14 Å². The van der Waals surface area contributed by atoms with E-state index in [4.69, 9.17) is 20.2 Å². The van der Waals surface area contributed by atoms with E-state index in [9.17, 15) is 0 Å². The highest BCUT2D eigenvalue weighted by Crippen LogP contribution is 2.39. The average Bonchev–Trinajstić information content (AvgIpc) is 3.56. The van der Waals surface area contributed by atoms with Crippen molar-refractivity contribution in [3.05, 3.63) is 70.7 Å². The molecule has 0 bridgehead atoms. The fourth-order valence-corrected chi connectivity index (χ4v) is 4.95. The van der Waals surface area contributed by atoms with Gasteiger partial charge in [0, 0.05) is 35.0 Å². The van der Waals surface area contributed by atoms with Gasteiger partial charge in [-0.15, -0.1) is 11.3 Å². The molecule has 0 saturated heterocycles. The first kappa shape index (κ1) is 21.5. The van der Waals surface area contributed by atoms with Crippen LogP contribution in [0.25, 0.3) is 21.3 Å². The van der Waals surface area contributed by atoms with Crippen molar-refractivity contribution in [3.63, 3.8) is 0 Å². The van der Waals surface area contributed by atoms with Crippen LogP contribution in [-0.2, 0) is 12.8 Å². The summed E-state index contributed by atoms with van der Waals surface area (Å²) in [4.78, 5) is 6.00. The van der Waals surface area contributed by atoms with Gasteiger partial charge in [0.05, 0.1) is 11.5 Å². The maximum absolute atomic E-state index is 8.87. The molecule has 0 radical (unpaired) electrons. The molecule has 4 aromatic rings. The number of aromatic nitrogens is 1. The zero-order valence-corrected chi connectivity index (χ0v) is 18.6. The Balaban J connectivity index is 0.000000158. The van der Waals surface area contributed by atoms with Crippen LogP contribution in [0.1, 0.15) is 22.4 Å². The molecule has 0 amide bonds. The number of benzene rings is 2. The van der Waals surface area contributed by atoms with Gasteiger partial charge in [0.1, 0.15) is 16.7 Å². The van der Waals surface area contributed by atoms with Crippen molar-refractivity contribution >= 4 is 34.2 Å². The molecule has 0 atom stereocenters. The second-order valence-electron chi connectivity index (χ2n) is 7.14. The van der Waals surface area contributed by atoms with Crippen LogP contribution < -0.4 is 9.88 Å². The van der Waals surface area contributed by atoms with Gasteiger partial charge < -0.3 is 14.8 Å². The van der Waals surface area contributed by atoms with E-state index in [-0.39, 0.29) is 6.61 Å². The highest BCUT2D eigenvalue weighted by atomic mass is 32.2. The number of nitrogens with one attached hydrogen (secondary N) is 1. The summed E-state index contributed by atoms with van der Waals surface area (Å²) in [5.41, 5.74) is 4.78.